The van der Waals surface area contributed by atoms with E-state index in [0.29, 0.717) is 5.92 Å². The molecule has 1 aromatic rings. The Labute approximate surface area is 116 Å². The molecule has 1 heterocycles. The number of nitrogens with two attached hydrogens (primary N) is 1. The van der Waals surface area contributed by atoms with E-state index < -0.39 is 0 Å². The maximum Gasteiger partial charge on any atom is 0.0725 e. The van der Waals surface area contributed by atoms with Gasteiger partial charge in [0.15, 0.2) is 0 Å². The van der Waals surface area contributed by atoms with Crippen molar-refractivity contribution in [3.05, 3.63) is 34.9 Å². The van der Waals surface area contributed by atoms with Crippen LogP contribution in [0, 0.1) is 17.8 Å². The van der Waals surface area contributed by atoms with E-state index in [9.17, 15) is 0 Å². The van der Waals surface area contributed by atoms with Crippen molar-refractivity contribution in [3.8, 4) is 0 Å². The second kappa shape index (κ2) is 5.26. The molecular weight excluding hydrogens is 234 g/mol. The quantitative estimate of drug-likeness (QED) is 0.877. The molecule has 1 aromatic carbocycles. The Hall–Kier alpha value is -0.860. The van der Waals surface area contributed by atoms with E-state index in [1.54, 1.807) is 0 Å². The molecular formula is C17H25NO. The number of hydrogen-bond donors (Lipinski definition) is 1. The molecule has 1 saturated carbocycles. The van der Waals surface area contributed by atoms with Gasteiger partial charge in [-0.2, -0.15) is 0 Å². The SMILES string of the molecule is CC1CC(C)CC(C(N)c2ccc3c(c2)COC3)C1. The summed E-state index contributed by atoms with van der Waals surface area (Å²) in [6, 6.07) is 6.88. The third kappa shape index (κ3) is 2.70. The Bertz CT molecular complexity index is 447. The molecule has 1 fully saturated rings. The third-order valence-corrected chi connectivity index (χ3v) is 4.85. The second-order valence-electron chi connectivity index (χ2n) is 6.72. The van der Waals surface area contributed by atoms with Crippen molar-refractivity contribution in [1.29, 1.82) is 0 Å². The standard InChI is InChI=1S/C17H25NO/c1-11-5-12(2)7-15(6-11)17(18)13-3-4-14-9-19-10-16(14)8-13/h3-4,8,11-12,15,17H,5-7,9-10,18H2,1-2H3. The van der Waals surface area contributed by atoms with E-state index in [1.165, 1.54) is 36.0 Å². The Morgan fingerprint density at radius 2 is 1.74 bits per heavy atom. The largest absolute Gasteiger partial charge is 0.372 e. The molecule has 19 heavy (non-hydrogen) atoms. The highest BCUT2D eigenvalue weighted by molar-refractivity contribution is 5.34. The number of benzene rings is 1. The highest BCUT2D eigenvalue weighted by Crippen LogP contribution is 2.39. The first-order valence-electron chi connectivity index (χ1n) is 7.58. The molecule has 0 spiro atoms. The minimum absolute atomic E-state index is 0.191. The van der Waals surface area contributed by atoms with Gasteiger partial charge in [0.05, 0.1) is 13.2 Å². The van der Waals surface area contributed by atoms with E-state index in [4.69, 9.17) is 10.5 Å². The van der Waals surface area contributed by atoms with Gasteiger partial charge >= 0.3 is 0 Å². The summed E-state index contributed by atoms with van der Waals surface area (Å²) in [5, 5.41) is 0. The van der Waals surface area contributed by atoms with E-state index >= 15 is 0 Å². The highest BCUT2D eigenvalue weighted by atomic mass is 16.5. The fraction of sp³-hybridized carbons (Fsp3) is 0.647. The van der Waals surface area contributed by atoms with E-state index in [-0.39, 0.29) is 6.04 Å². The molecule has 1 aliphatic heterocycles. The van der Waals surface area contributed by atoms with Crippen molar-refractivity contribution in [2.24, 2.45) is 23.5 Å². The summed E-state index contributed by atoms with van der Waals surface area (Å²) in [4.78, 5) is 0. The maximum atomic E-state index is 6.55. The Morgan fingerprint density at radius 3 is 2.47 bits per heavy atom. The van der Waals surface area contributed by atoms with Gasteiger partial charge in [-0.05, 0) is 53.7 Å². The molecule has 0 radical (unpaired) electrons. The van der Waals surface area contributed by atoms with Gasteiger partial charge in [-0.1, -0.05) is 32.0 Å². The average molecular weight is 259 g/mol. The zero-order valence-corrected chi connectivity index (χ0v) is 12.1. The summed E-state index contributed by atoms with van der Waals surface area (Å²) >= 11 is 0. The fourth-order valence-corrected chi connectivity index (χ4v) is 3.97. The molecule has 1 aliphatic carbocycles. The molecule has 0 aromatic heterocycles. The lowest BCUT2D eigenvalue weighted by atomic mass is 9.72. The molecule has 3 atom stereocenters. The van der Waals surface area contributed by atoms with Gasteiger partial charge in [-0.15, -0.1) is 0 Å². The molecule has 0 saturated heterocycles. The van der Waals surface area contributed by atoms with Crippen molar-refractivity contribution < 1.29 is 4.74 Å². The summed E-state index contributed by atoms with van der Waals surface area (Å²) in [5.74, 6) is 2.27. The monoisotopic (exact) mass is 259 g/mol. The van der Waals surface area contributed by atoms with Crippen LogP contribution in [0.2, 0.25) is 0 Å². The summed E-state index contributed by atoms with van der Waals surface area (Å²) < 4.78 is 5.49. The predicted octanol–water partition coefficient (Wildman–Crippen LogP) is 3.79. The van der Waals surface area contributed by atoms with E-state index in [0.717, 1.165) is 25.0 Å². The summed E-state index contributed by atoms with van der Waals surface area (Å²) in [6.45, 7) is 6.26. The van der Waals surface area contributed by atoms with Gasteiger partial charge in [-0.3, -0.25) is 0 Å². The summed E-state index contributed by atoms with van der Waals surface area (Å²) in [7, 11) is 0. The lowest BCUT2D eigenvalue weighted by Crippen LogP contribution is -2.29. The average Bonchev–Trinajstić information content (AvgIpc) is 2.83. The smallest absolute Gasteiger partial charge is 0.0725 e. The topological polar surface area (TPSA) is 35.2 Å². The normalized spacial score (nSPS) is 32.1. The lowest BCUT2D eigenvalue weighted by Gasteiger charge is -2.35. The molecule has 3 rings (SSSR count). The Balaban J connectivity index is 1.77. The van der Waals surface area contributed by atoms with Crippen LogP contribution in [0.25, 0.3) is 0 Å². The number of rotatable bonds is 2. The molecule has 3 unspecified atom stereocenters. The number of fused-ring (bicyclic) bond motifs is 1. The molecule has 104 valence electrons. The van der Waals surface area contributed by atoms with Crippen LogP contribution in [0.15, 0.2) is 18.2 Å². The minimum atomic E-state index is 0.191. The van der Waals surface area contributed by atoms with Crippen LogP contribution in [-0.2, 0) is 18.0 Å². The first-order chi connectivity index (χ1) is 9.13. The molecule has 2 heteroatoms. The Morgan fingerprint density at radius 1 is 1.05 bits per heavy atom. The van der Waals surface area contributed by atoms with Crippen molar-refractivity contribution in [3.63, 3.8) is 0 Å². The number of ether oxygens (including phenoxy) is 1. The fourth-order valence-electron chi connectivity index (χ4n) is 3.97. The molecule has 0 bridgehead atoms. The first kappa shape index (κ1) is 13.1. The van der Waals surface area contributed by atoms with Gasteiger partial charge in [0.1, 0.15) is 0 Å². The van der Waals surface area contributed by atoms with Crippen molar-refractivity contribution in [1.82, 2.24) is 0 Å². The minimum Gasteiger partial charge on any atom is -0.372 e. The van der Waals surface area contributed by atoms with Crippen LogP contribution < -0.4 is 5.73 Å². The van der Waals surface area contributed by atoms with E-state index in [2.05, 4.69) is 32.0 Å². The first-order valence-corrected chi connectivity index (χ1v) is 7.58. The predicted molar refractivity (Wildman–Crippen MR) is 77.5 cm³/mol. The van der Waals surface area contributed by atoms with Crippen molar-refractivity contribution in [2.75, 3.05) is 0 Å². The zero-order valence-electron chi connectivity index (χ0n) is 12.1. The van der Waals surface area contributed by atoms with E-state index in [1.807, 2.05) is 0 Å². The molecule has 0 amide bonds. The van der Waals surface area contributed by atoms with Gasteiger partial charge in [0, 0.05) is 6.04 Å². The molecule has 2 aliphatic rings. The van der Waals surface area contributed by atoms with Crippen LogP contribution in [0.3, 0.4) is 0 Å². The molecule has 2 nitrogen and oxygen atoms in total. The van der Waals surface area contributed by atoms with Gasteiger partial charge < -0.3 is 10.5 Å². The van der Waals surface area contributed by atoms with Gasteiger partial charge in [0.25, 0.3) is 0 Å². The third-order valence-electron chi connectivity index (χ3n) is 4.85. The van der Waals surface area contributed by atoms with Crippen LogP contribution >= 0.6 is 0 Å². The van der Waals surface area contributed by atoms with Crippen LogP contribution in [0.5, 0.6) is 0 Å². The lowest BCUT2D eigenvalue weighted by molar-refractivity contribution is 0.134. The highest BCUT2D eigenvalue weighted by Gasteiger charge is 2.29. The maximum absolute atomic E-state index is 6.55. The van der Waals surface area contributed by atoms with Crippen molar-refractivity contribution in [2.45, 2.75) is 52.4 Å². The Kier molecular flexibility index (Phi) is 3.64. The second-order valence-corrected chi connectivity index (χ2v) is 6.72. The zero-order chi connectivity index (χ0) is 13.4. The van der Waals surface area contributed by atoms with Gasteiger partial charge in [0.2, 0.25) is 0 Å². The van der Waals surface area contributed by atoms with Crippen LogP contribution in [0.4, 0.5) is 0 Å². The molecule has 2 N–H and O–H groups in total. The summed E-state index contributed by atoms with van der Waals surface area (Å²) in [5.41, 5.74) is 10.5. The van der Waals surface area contributed by atoms with Crippen LogP contribution in [-0.4, -0.2) is 0 Å². The van der Waals surface area contributed by atoms with Crippen molar-refractivity contribution >= 4 is 0 Å². The summed E-state index contributed by atoms with van der Waals surface area (Å²) in [6.07, 6.45) is 3.92. The number of hydrogen-bond acceptors (Lipinski definition) is 2. The van der Waals surface area contributed by atoms with Gasteiger partial charge in [-0.25, -0.2) is 0 Å². The van der Waals surface area contributed by atoms with Crippen LogP contribution in [0.1, 0.15) is 55.8 Å².